The molecule has 10 heteroatoms. The van der Waals surface area contributed by atoms with E-state index in [1.54, 1.807) is 19.9 Å². The van der Waals surface area contributed by atoms with Crippen LogP contribution in [0.15, 0.2) is 24.3 Å². The van der Waals surface area contributed by atoms with Crippen LogP contribution in [-0.2, 0) is 4.79 Å². The quantitative estimate of drug-likeness (QED) is 0.254. The first-order chi connectivity index (χ1) is 13.5. The first kappa shape index (κ1) is 21.9. The van der Waals surface area contributed by atoms with Crippen LogP contribution < -0.4 is 11.1 Å². The van der Waals surface area contributed by atoms with Crippen molar-refractivity contribution in [3.63, 3.8) is 0 Å². The fraction of sp³-hybridized carbons (Fsp3) is 0.368. The molecule has 0 saturated carbocycles. The van der Waals surface area contributed by atoms with Gasteiger partial charge < -0.3 is 21.3 Å². The van der Waals surface area contributed by atoms with E-state index in [0.717, 1.165) is 0 Å². The number of nitrogens with one attached hydrogen (secondary N) is 2. The summed E-state index contributed by atoms with van der Waals surface area (Å²) in [5.41, 5.74) is 6.39. The highest BCUT2D eigenvalue weighted by Gasteiger charge is 2.31. The maximum Gasteiger partial charge on any atom is 0.269 e. The third-order valence-corrected chi connectivity index (χ3v) is 4.63. The molecule has 2 rings (SSSR count). The first-order valence-electron chi connectivity index (χ1n) is 8.96. The standard InChI is InChI=1S/C19H24N4O6/c1-9(2)16(17(25)15-10(3)18(26)22-19(15)27)21-14(24)8-13(20)11-5-4-6-12(7-11)23(28)29/h4-7,9,13,16,22,26-27H,8,20H2,1-3H3,(H,21,24)/t13-,16-/m0/s1. The van der Waals surface area contributed by atoms with E-state index in [4.69, 9.17) is 5.73 Å². The molecule has 0 spiro atoms. The molecular weight excluding hydrogens is 380 g/mol. The molecule has 0 aliphatic rings. The van der Waals surface area contributed by atoms with Crippen molar-refractivity contribution in [1.29, 1.82) is 0 Å². The first-order valence-corrected chi connectivity index (χ1v) is 8.96. The maximum atomic E-state index is 12.8. The largest absolute Gasteiger partial charge is 0.494 e. The number of benzene rings is 1. The normalized spacial score (nSPS) is 13.1. The minimum atomic E-state index is -0.959. The van der Waals surface area contributed by atoms with Gasteiger partial charge in [0.25, 0.3) is 5.69 Å². The van der Waals surface area contributed by atoms with E-state index in [1.807, 2.05) is 0 Å². The zero-order valence-electron chi connectivity index (χ0n) is 16.3. The van der Waals surface area contributed by atoms with Crippen LogP contribution >= 0.6 is 0 Å². The Morgan fingerprint density at radius 2 is 1.93 bits per heavy atom. The molecule has 0 fully saturated rings. The summed E-state index contributed by atoms with van der Waals surface area (Å²) in [7, 11) is 0. The summed E-state index contributed by atoms with van der Waals surface area (Å²) in [4.78, 5) is 37.9. The van der Waals surface area contributed by atoms with E-state index >= 15 is 0 Å². The van der Waals surface area contributed by atoms with Gasteiger partial charge in [-0.05, 0) is 18.4 Å². The van der Waals surface area contributed by atoms with Gasteiger partial charge >= 0.3 is 0 Å². The van der Waals surface area contributed by atoms with Crippen LogP contribution in [0.3, 0.4) is 0 Å². The Labute approximate surface area is 166 Å². The van der Waals surface area contributed by atoms with Crippen molar-refractivity contribution in [2.45, 2.75) is 39.3 Å². The van der Waals surface area contributed by atoms with E-state index in [-0.39, 0.29) is 35.0 Å². The van der Waals surface area contributed by atoms with Crippen LogP contribution in [0, 0.1) is 23.0 Å². The Morgan fingerprint density at radius 3 is 2.45 bits per heavy atom. The third kappa shape index (κ3) is 4.91. The number of nitro benzene ring substituents is 1. The molecule has 1 heterocycles. The summed E-state index contributed by atoms with van der Waals surface area (Å²) in [5.74, 6) is -2.18. The minimum absolute atomic E-state index is 0.0931. The molecule has 0 saturated heterocycles. The number of carbonyl (C=O) groups excluding carboxylic acids is 2. The van der Waals surface area contributed by atoms with Crippen molar-refractivity contribution in [1.82, 2.24) is 10.3 Å². The van der Waals surface area contributed by atoms with Gasteiger partial charge in [0, 0.05) is 30.2 Å². The molecule has 0 aliphatic heterocycles. The molecule has 0 unspecified atom stereocenters. The van der Waals surface area contributed by atoms with Gasteiger partial charge in [-0.1, -0.05) is 26.0 Å². The van der Waals surface area contributed by atoms with Crippen LogP contribution in [0.1, 0.15) is 47.8 Å². The number of amides is 1. The van der Waals surface area contributed by atoms with Crippen molar-refractivity contribution in [2.75, 3.05) is 0 Å². The van der Waals surface area contributed by atoms with Crippen molar-refractivity contribution >= 4 is 17.4 Å². The molecule has 0 bridgehead atoms. The van der Waals surface area contributed by atoms with E-state index in [9.17, 15) is 29.9 Å². The summed E-state index contributed by atoms with van der Waals surface area (Å²) in [6, 6.07) is 3.93. The molecule has 0 aliphatic carbocycles. The molecular formula is C19H24N4O6. The van der Waals surface area contributed by atoms with Crippen LogP contribution in [0.2, 0.25) is 0 Å². The Kier molecular flexibility index (Phi) is 6.60. The SMILES string of the molecule is Cc1c(O)[nH]c(O)c1C(=O)[C@@H](NC(=O)C[C@H](N)c1cccc([N+](=O)[O-])c1)C(C)C. The summed E-state index contributed by atoms with van der Waals surface area (Å²) in [6.07, 6.45) is -0.193. The van der Waals surface area contributed by atoms with Crippen molar-refractivity contribution in [2.24, 2.45) is 11.7 Å². The second-order valence-electron chi connectivity index (χ2n) is 7.14. The molecule has 6 N–H and O–H groups in total. The molecule has 29 heavy (non-hydrogen) atoms. The number of non-ortho nitro benzene ring substituents is 1. The number of carbonyl (C=O) groups is 2. The van der Waals surface area contributed by atoms with Crippen LogP contribution in [0.5, 0.6) is 11.8 Å². The smallest absolute Gasteiger partial charge is 0.269 e. The highest BCUT2D eigenvalue weighted by Crippen LogP contribution is 2.30. The minimum Gasteiger partial charge on any atom is -0.494 e. The summed E-state index contributed by atoms with van der Waals surface area (Å²) >= 11 is 0. The van der Waals surface area contributed by atoms with Gasteiger partial charge in [0.2, 0.25) is 11.8 Å². The number of hydrogen-bond acceptors (Lipinski definition) is 7. The number of nitro groups is 1. The van der Waals surface area contributed by atoms with Gasteiger partial charge in [-0.25, -0.2) is 0 Å². The van der Waals surface area contributed by atoms with Crippen LogP contribution in [0.4, 0.5) is 5.69 Å². The number of rotatable bonds is 8. The average Bonchev–Trinajstić information content (AvgIpc) is 2.90. The molecule has 0 radical (unpaired) electrons. The molecule has 10 nitrogen and oxygen atoms in total. The number of hydrogen-bond donors (Lipinski definition) is 5. The van der Waals surface area contributed by atoms with Crippen LogP contribution in [-0.4, -0.2) is 37.9 Å². The molecule has 1 amide bonds. The molecule has 156 valence electrons. The van der Waals surface area contributed by atoms with Crippen molar-refractivity contribution < 1.29 is 24.7 Å². The number of ketones is 1. The highest BCUT2D eigenvalue weighted by atomic mass is 16.6. The molecule has 2 aromatic rings. The Bertz CT molecular complexity index is 937. The van der Waals surface area contributed by atoms with E-state index < -0.39 is 34.6 Å². The average molecular weight is 404 g/mol. The van der Waals surface area contributed by atoms with E-state index in [1.165, 1.54) is 25.1 Å². The zero-order chi connectivity index (χ0) is 21.9. The number of aromatic hydroxyl groups is 2. The van der Waals surface area contributed by atoms with Gasteiger partial charge in [0.15, 0.2) is 11.7 Å². The summed E-state index contributed by atoms with van der Waals surface area (Å²) in [6.45, 7) is 4.92. The lowest BCUT2D eigenvalue weighted by Gasteiger charge is -2.22. The maximum absolute atomic E-state index is 12.8. The molecule has 1 aromatic carbocycles. The zero-order valence-corrected chi connectivity index (χ0v) is 16.3. The Hall–Kier alpha value is -3.40. The monoisotopic (exact) mass is 404 g/mol. The lowest BCUT2D eigenvalue weighted by atomic mass is 9.93. The Morgan fingerprint density at radius 1 is 1.28 bits per heavy atom. The Balaban J connectivity index is 2.14. The number of aromatic nitrogens is 1. The van der Waals surface area contributed by atoms with Crippen molar-refractivity contribution in [3.8, 4) is 11.8 Å². The number of nitrogens with zero attached hydrogens (tertiary/aromatic N) is 1. The van der Waals surface area contributed by atoms with Gasteiger partial charge in [-0.15, -0.1) is 0 Å². The lowest BCUT2D eigenvalue weighted by Crippen LogP contribution is -2.45. The fourth-order valence-corrected chi connectivity index (χ4v) is 2.98. The van der Waals surface area contributed by atoms with Crippen molar-refractivity contribution in [3.05, 3.63) is 51.1 Å². The number of H-pyrrole nitrogens is 1. The number of nitrogens with two attached hydrogens (primary N) is 1. The van der Waals surface area contributed by atoms with Crippen LogP contribution in [0.25, 0.3) is 0 Å². The van der Waals surface area contributed by atoms with E-state index in [0.29, 0.717) is 5.56 Å². The second-order valence-corrected chi connectivity index (χ2v) is 7.14. The predicted octanol–water partition coefficient (Wildman–Crippen LogP) is 2.06. The highest BCUT2D eigenvalue weighted by molar-refractivity contribution is 6.05. The molecule has 1 aromatic heterocycles. The summed E-state index contributed by atoms with van der Waals surface area (Å²) < 4.78 is 0. The fourth-order valence-electron chi connectivity index (χ4n) is 2.98. The second kappa shape index (κ2) is 8.74. The van der Waals surface area contributed by atoms with Gasteiger partial charge in [0.1, 0.15) is 0 Å². The van der Waals surface area contributed by atoms with Gasteiger partial charge in [-0.2, -0.15) is 0 Å². The van der Waals surface area contributed by atoms with E-state index in [2.05, 4.69) is 10.3 Å². The molecule has 2 atom stereocenters. The topological polar surface area (TPSA) is 172 Å². The lowest BCUT2D eigenvalue weighted by molar-refractivity contribution is -0.384. The summed E-state index contributed by atoms with van der Waals surface area (Å²) in [5, 5.41) is 33.0. The number of aromatic amines is 1. The number of Topliss-reactive ketones (excluding diaryl/α,β-unsaturated/α-hetero) is 1. The van der Waals surface area contributed by atoms with Gasteiger partial charge in [0.05, 0.1) is 16.5 Å². The predicted molar refractivity (Wildman–Crippen MR) is 105 cm³/mol. The van der Waals surface area contributed by atoms with Gasteiger partial charge in [-0.3, -0.25) is 24.7 Å². The third-order valence-electron chi connectivity index (χ3n) is 4.63.